The summed E-state index contributed by atoms with van der Waals surface area (Å²) >= 11 is 0. The van der Waals surface area contributed by atoms with Crippen LogP contribution in [0.2, 0.25) is 0 Å². The van der Waals surface area contributed by atoms with E-state index in [-0.39, 0.29) is 24.3 Å². The molecule has 0 spiro atoms. The second-order valence-electron chi connectivity index (χ2n) is 9.08. The third-order valence-electron chi connectivity index (χ3n) is 5.45. The van der Waals surface area contributed by atoms with Crippen LogP contribution in [0.15, 0.2) is 48.5 Å². The van der Waals surface area contributed by atoms with Gasteiger partial charge in [0.05, 0.1) is 6.54 Å². The van der Waals surface area contributed by atoms with Gasteiger partial charge in [0, 0.05) is 0 Å². The zero-order valence-corrected chi connectivity index (χ0v) is 19.0. The minimum Gasteiger partial charge on any atom is -0.491 e. The fourth-order valence-corrected chi connectivity index (χ4v) is 3.69. The van der Waals surface area contributed by atoms with E-state index in [9.17, 15) is 23.5 Å². The number of aliphatic hydroxyl groups is 1. The van der Waals surface area contributed by atoms with E-state index in [0.29, 0.717) is 11.3 Å². The summed E-state index contributed by atoms with van der Waals surface area (Å²) in [7, 11) is 0. The van der Waals surface area contributed by atoms with Crippen molar-refractivity contribution in [1.82, 2.24) is 10.2 Å². The van der Waals surface area contributed by atoms with Gasteiger partial charge in [-0.1, -0.05) is 51.1 Å². The number of benzene rings is 2. The van der Waals surface area contributed by atoms with Crippen molar-refractivity contribution in [1.29, 1.82) is 0 Å². The lowest BCUT2D eigenvalue weighted by atomic mass is 9.86. The maximum Gasteiger partial charge on any atom is 0.387 e. The first-order chi connectivity index (χ1) is 15.4. The number of hydrogen-bond acceptors (Lipinski definition) is 5. The number of halogens is 2. The second-order valence-corrected chi connectivity index (χ2v) is 9.08. The molecule has 9 heteroatoms. The van der Waals surface area contributed by atoms with Crippen molar-refractivity contribution in [2.45, 2.75) is 51.4 Å². The van der Waals surface area contributed by atoms with Gasteiger partial charge in [-0.15, -0.1) is 0 Å². The topological polar surface area (TPSA) is 88.1 Å². The van der Waals surface area contributed by atoms with E-state index >= 15 is 0 Å². The van der Waals surface area contributed by atoms with Gasteiger partial charge < -0.3 is 19.9 Å². The van der Waals surface area contributed by atoms with E-state index in [0.717, 1.165) is 10.5 Å². The highest BCUT2D eigenvalue weighted by Crippen LogP contribution is 2.32. The molecule has 0 radical (unpaired) electrons. The molecule has 2 aromatic carbocycles. The Balaban J connectivity index is 1.66. The summed E-state index contributed by atoms with van der Waals surface area (Å²) in [5.41, 5.74) is -0.196. The minimum absolute atomic E-state index is 0.0610. The Morgan fingerprint density at radius 2 is 1.73 bits per heavy atom. The predicted octanol–water partition coefficient (Wildman–Crippen LogP) is 3.79. The van der Waals surface area contributed by atoms with Crippen LogP contribution in [0.5, 0.6) is 11.5 Å². The van der Waals surface area contributed by atoms with Crippen LogP contribution in [0.1, 0.15) is 38.8 Å². The Kier molecular flexibility index (Phi) is 6.92. The average Bonchev–Trinajstić information content (AvgIpc) is 2.95. The highest BCUT2D eigenvalue weighted by molar-refractivity contribution is 6.07. The summed E-state index contributed by atoms with van der Waals surface area (Å²) < 4.78 is 34.8. The molecule has 178 valence electrons. The predicted molar refractivity (Wildman–Crippen MR) is 117 cm³/mol. The van der Waals surface area contributed by atoms with Crippen molar-refractivity contribution in [2.75, 3.05) is 13.2 Å². The number of alkyl halides is 2. The lowest BCUT2D eigenvalue weighted by molar-refractivity contribution is -0.132. The molecule has 2 aromatic rings. The molecule has 0 aromatic heterocycles. The molecule has 1 saturated heterocycles. The Labute approximate surface area is 191 Å². The zero-order chi connectivity index (χ0) is 24.4. The summed E-state index contributed by atoms with van der Waals surface area (Å²) in [5, 5.41) is 13.1. The highest BCUT2D eigenvalue weighted by Gasteiger charge is 2.49. The number of imide groups is 1. The molecule has 1 heterocycles. The first-order valence-corrected chi connectivity index (χ1v) is 10.5. The number of hydrogen-bond donors (Lipinski definition) is 2. The SMILES string of the molecule is CC(C)(C)c1ccccc1OCC(O)CN1C(=O)NC(C)(c2ccc(OC(F)F)cc2)C1=O. The Morgan fingerprint density at radius 1 is 1.09 bits per heavy atom. The van der Waals surface area contributed by atoms with E-state index in [2.05, 4.69) is 10.1 Å². The standard InChI is InChI=1S/C24H28F2N2O5/c1-23(2,3)18-7-5-6-8-19(18)32-14-16(29)13-28-20(30)24(4,27-22(28)31)15-9-11-17(12-10-15)33-21(25)26/h5-12,16,21,29H,13-14H2,1-4H3,(H,27,31). The van der Waals surface area contributed by atoms with Crippen LogP contribution in [0, 0.1) is 0 Å². The molecular formula is C24H28F2N2O5. The molecule has 0 aliphatic carbocycles. The first kappa shape index (κ1) is 24.4. The summed E-state index contributed by atoms with van der Waals surface area (Å²) in [6.45, 7) is 4.32. The number of β-amino-alcohol motifs (C(OH)–C–C–N with tert-alkyl or cyclic N) is 1. The number of carbonyl (C=O) groups is 2. The number of urea groups is 1. The van der Waals surface area contributed by atoms with Gasteiger partial charge in [0.2, 0.25) is 0 Å². The van der Waals surface area contributed by atoms with Crippen LogP contribution in [-0.4, -0.2) is 47.8 Å². The van der Waals surface area contributed by atoms with Crippen LogP contribution in [0.4, 0.5) is 13.6 Å². The van der Waals surface area contributed by atoms with Crippen molar-refractivity contribution < 1.29 is 33.0 Å². The molecule has 1 fully saturated rings. The Morgan fingerprint density at radius 3 is 2.33 bits per heavy atom. The van der Waals surface area contributed by atoms with Crippen LogP contribution >= 0.6 is 0 Å². The number of amides is 3. The van der Waals surface area contributed by atoms with E-state index in [1.165, 1.54) is 31.2 Å². The molecule has 2 N–H and O–H groups in total. The Bertz CT molecular complexity index is 1010. The molecular weight excluding hydrogens is 434 g/mol. The largest absolute Gasteiger partial charge is 0.491 e. The van der Waals surface area contributed by atoms with Crippen molar-refractivity contribution in [3.05, 3.63) is 59.7 Å². The number of aliphatic hydroxyl groups excluding tert-OH is 1. The molecule has 1 aliphatic heterocycles. The molecule has 2 atom stereocenters. The molecule has 0 saturated carbocycles. The summed E-state index contributed by atoms with van der Waals surface area (Å²) in [4.78, 5) is 26.5. The second kappa shape index (κ2) is 9.35. The molecule has 3 rings (SSSR count). The van der Waals surface area contributed by atoms with Crippen LogP contribution in [0.25, 0.3) is 0 Å². The summed E-state index contributed by atoms with van der Waals surface area (Å²) in [6, 6.07) is 12.3. The van der Waals surface area contributed by atoms with Crippen molar-refractivity contribution in [3.63, 3.8) is 0 Å². The minimum atomic E-state index is -2.96. The number of nitrogens with one attached hydrogen (secondary N) is 1. The van der Waals surface area contributed by atoms with Gasteiger partial charge in [-0.2, -0.15) is 8.78 Å². The van der Waals surface area contributed by atoms with E-state index in [4.69, 9.17) is 4.74 Å². The van der Waals surface area contributed by atoms with E-state index in [1.807, 2.05) is 39.0 Å². The van der Waals surface area contributed by atoms with Crippen molar-refractivity contribution >= 4 is 11.9 Å². The van der Waals surface area contributed by atoms with Gasteiger partial charge in [-0.05, 0) is 41.7 Å². The molecule has 33 heavy (non-hydrogen) atoms. The number of rotatable bonds is 8. The quantitative estimate of drug-likeness (QED) is 0.583. The number of nitrogens with zero attached hydrogens (tertiary/aromatic N) is 1. The van der Waals surface area contributed by atoms with E-state index < -0.39 is 30.2 Å². The lowest BCUT2D eigenvalue weighted by Crippen LogP contribution is -2.42. The van der Waals surface area contributed by atoms with Crippen LogP contribution < -0.4 is 14.8 Å². The fourth-order valence-electron chi connectivity index (χ4n) is 3.69. The van der Waals surface area contributed by atoms with Gasteiger partial charge in [0.15, 0.2) is 0 Å². The van der Waals surface area contributed by atoms with Gasteiger partial charge >= 0.3 is 12.6 Å². The number of carbonyl (C=O) groups excluding carboxylic acids is 2. The van der Waals surface area contributed by atoms with Gasteiger partial charge in [-0.3, -0.25) is 9.69 Å². The molecule has 0 bridgehead atoms. The van der Waals surface area contributed by atoms with Crippen LogP contribution in [-0.2, 0) is 15.7 Å². The van der Waals surface area contributed by atoms with Crippen molar-refractivity contribution in [3.8, 4) is 11.5 Å². The maximum atomic E-state index is 13.0. The summed E-state index contributed by atoms with van der Waals surface area (Å²) in [6.07, 6.45) is -1.11. The zero-order valence-electron chi connectivity index (χ0n) is 19.0. The third-order valence-corrected chi connectivity index (χ3v) is 5.45. The maximum absolute atomic E-state index is 13.0. The number of ether oxygens (including phenoxy) is 2. The molecule has 1 aliphatic rings. The van der Waals surface area contributed by atoms with Gasteiger partial charge in [0.1, 0.15) is 29.7 Å². The normalized spacial score (nSPS) is 19.6. The lowest BCUT2D eigenvalue weighted by Gasteiger charge is -2.25. The van der Waals surface area contributed by atoms with Gasteiger partial charge in [0.25, 0.3) is 5.91 Å². The average molecular weight is 462 g/mol. The molecule has 7 nitrogen and oxygen atoms in total. The molecule has 3 amide bonds. The highest BCUT2D eigenvalue weighted by atomic mass is 19.3. The van der Waals surface area contributed by atoms with Crippen LogP contribution in [0.3, 0.4) is 0 Å². The number of para-hydroxylation sites is 1. The van der Waals surface area contributed by atoms with E-state index in [1.54, 1.807) is 6.07 Å². The fraction of sp³-hybridized carbons (Fsp3) is 0.417. The Hall–Kier alpha value is -3.20. The third kappa shape index (κ3) is 5.42. The smallest absolute Gasteiger partial charge is 0.387 e. The van der Waals surface area contributed by atoms with Crippen molar-refractivity contribution in [2.24, 2.45) is 0 Å². The molecule has 2 unspecified atom stereocenters. The van der Waals surface area contributed by atoms with Gasteiger partial charge in [-0.25, -0.2) is 4.79 Å². The first-order valence-electron chi connectivity index (χ1n) is 10.5. The summed E-state index contributed by atoms with van der Waals surface area (Å²) in [5.74, 6) is -0.00421. The monoisotopic (exact) mass is 462 g/mol.